The molecule has 0 amide bonds. The van der Waals surface area contributed by atoms with Gasteiger partial charge in [0.1, 0.15) is 0 Å². The van der Waals surface area contributed by atoms with Crippen LogP contribution in [0.3, 0.4) is 0 Å². The van der Waals surface area contributed by atoms with Crippen molar-refractivity contribution in [2.45, 2.75) is 19.1 Å². The Morgan fingerprint density at radius 3 is 1.17 bits per heavy atom. The van der Waals surface area contributed by atoms with E-state index in [2.05, 4.69) is 12.6 Å². The van der Waals surface area contributed by atoms with Crippen molar-refractivity contribution in [3.05, 3.63) is 0 Å². The van der Waals surface area contributed by atoms with E-state index in [9.17, 15) is 0 Å². The molecular weight excluding hydrogens is 139 g/mol. The molecule has 0 aromatic carbocycles. The van der Waals surface area contributed by atoms with E-state index in [1.54, 1.807) is 0 Å². The Bertz CT molecular complexity index is 13.5. The third kappa shape index (κ3) is 88.0. The summed E-state index contributed by atoms with van der Waals surface area (Å²) in [5.74, 6) is 0. The Morgan fingerprint density at radius 1 is 1.17 bits per heavy atom. The quantitative estimate of drug-likeness (QED) is 0.501. The lowest BCUT2D eigenvalue weighted by atomic mass is 10.6. The van der Waals surface area contributed by atoms with Crippen LogP contribution < -0.4 is 0 Å². The van der Waals surface area contributed by atoms with Gasteiger partial charge in [-0.15, -0.1) is 24.8 Å². The molecule has 0 aliphatic carbocycles. The molecule has 0 aromatic rings. The fourth-order valence-electron chi connectivity index (χ4n) is 0. The maximum Gasteiger partial charge on any atom is -0.00399 e. The number of thiol groups is 1. The van der Waals surface area contributed by atoms with Crippen molar-refractivity contribution >= 4 is 37.4 Å². The first kappa shape index (κ1) is 15.8. The molecule has 0 saturated carbocycles. The highest BCUT2D eigenvalue weighted by atomic mass is 35.5. The van der Waals surface area contributed by atoms with Crippen LogP contribution >= 0.6 is 37.4 Å². The van der Waals surface area contributed by atoms with Gasteiger partial charge in [-0.1, -0.05) is 13.8 Å². The number of rotatable bonds is 0. The van der Waals surface area contributed by atoms with Gasteiger partial charge in [-0.25, -0.2) is 0 Å². The average Bonchev–Trinajstić information content (AvgIpc) is 0.811. The lowest BCUT2D eigenvalue weighted by molar-refractivity contribution is 1.13. The van der Waals surface area contributed by atoms with Crippen molar-refractivity contribution in [3.8, 4) is 0 Å². The van der Waals surface area contributed by atoms with E-state index in [0.717, 1.165) is 0 Å². The van der Waals surface area contributed by atoms with Gasteiger partial charge in [0, 0.05) is 0 Å². The molecule has 0 heterocycles. The fourth-order valence-corrected chi connectivity index (χ4v) is 0. The van der Waals surface area contributed by atoms with Gasteiger partial charge < -0.3 is 0 Å². The molecule has 0 radical (unpaired) electrons. The van der Waals surface area contributed by atoms with Crippen molar-refractivity contribution in [2.24, 2.45) is 0 Å². The van der Waals surface area contributed by atoms with Crippen LogP contribution in [0.4, 0.5) is 0 Å². The van der Waals surface area contributed by atoms with E-state index in [4.69, 9.17) is 0 Å². The van der Waals surface area contributed by atoms with Gasteiger partial charge in [0.25, 0.3) is 0 Å². The fraction of sp³-hybridized carbons (Fsp3) is 1.00. The van der Waals surface area contributed by atoms with Gasteiger partial charge >= 0.3 is 0 Å². The summed E-state index contributed by atoms with van der Waals surface area (Å²) in [7, 11) is 0. The standard InChI is InChI=1S/C3H8S.2ClH/c1-3(2)4;;/h3-4H,1-2H3;2*1H. The van der Waals surface area contributed by atoms with Crippen molar-refractivity contribution in [2.75, 3.05) is 0 Å². The van der Waals surface area contributed by atoms with Gasteiger partial charge in [0.15, 0.2) is 0 Å². The van der Waals surface area contributed by atoms with Crippen LogP contribution in [0.5, 0.6) is 0 Å². The lowest BCUT2D eigenvalue weighted by Crippen LogP contribution is -1.71. The topological polar surface area (TPSA) is 0 Å². The van der Waals surface area contributed by atoms with Gasteiger partial charge in [-0.3, -0.25) is 0 Å². The van der Waals surface area contributed by atoms with Crippen LogP contribution in [0.25, 0.3) is 0 Å². The van der Waals surface area contributed by atoms with E-state index in [-0.39, 0.29) is 24.8 Å². The second-order valence-electron chi connectivity index (χ2n) is 1.09. The summed E-state index contributed by atoms with van der Waals surface area (Å²) in [6.45, 7) is 4.06. The van der Waals surface area contributed by atoms with E-state index in [1.807, 2.05) is 13.8 Å². The molecule has 0 bridgehead atoms. The molecule has 0 atom stereocenters. The molecule has 42 valence electrons. The Morgan fingerprint density at radius 2 is 1.17 bits per heavy atom. The molecule has 0 fully saturated rings. The van der Waals surface area contributed by atoms with Crippen molar-refractivity contribution < 1.29 is 0 Å². The molecule has 3 heteroatoms. The van der Waals surface area contributed by atoms with Gasteiger partial charge in [0.05, 0.1) is 0 Å². The van der Waals surface area contributed by atoms with Gasteiger partial charge in [-0.05, 0) is 5.25 Å². The van der Waals surface area contributed by atoms with Crippen LogP contribution in [0.15, 0.2) is 0 Å². The van der Waals surface area contributed by atoms with E-state index in [0.29, 0.717) is 5.25 Å². The molecule has 0 aliphatic heterocycles. The zero-order chi connectivity index (χ0) is 3.58. The number of hydrogen-bond acceptors (Lipinski definition) is 1. The Labute approximate surface area is 56.9 Å². The minimum Gasteiger partial charge on any atom is -0.177 e. The summed E-state index contributed by atoms with van der Waals surface area (Å²) in [4.78, 5) is 0. The minimum absolute atomic E-state index is 0. The van der Waals surface area contributed by atoms with E-state index >= 15 is 0 Å². The molecular formula is C3H10Cl2S. The zero-order valence-electron chi connectivity index (χ0n) is 3.84. The maximum atomic E-state index is 3.97. The van der Waals surface area contributed by atoms with Crippen LogP contribution in [0.2, 0.25) is 0 Å². The van der Waals surface area contributed by atoms with Gasteiger partial charge in [0.2, 0.25) is 0 Å². The first-order valence-electron chi connectivity index (χ1n) is 1.41. The summed E-state index contributed by atoms with van der Waals surface area (Å²) in [6.07, 6.45) is 0. The highest BCUT2D eigenvalue weighted by Gasteiger charge is 1.69. The molecule has 0 aliphatic rings. The van der Waals surface area contributed by atoms with Crippen LogP contribution in [0.1, 0.15) is 13.8 Å². The van der Waals surface area contributed by atoms with Crippen molar-refractivity contribution in [1.29, 1.82) is 0 Å². The smallest absolute Gasteiger partial charge is 0.00399 e. The SMILES string of the molecule is CC(C)S.Cl.Cl. The summed E-state index contributed by atoms with van der Waals surface area (Å²) in [6, 6.07) is 0. The monoisotopic (exact) mass is 148 g/mol. The summed E-state index contributed by atoms with van der Waals surface area (Å²) in [5.41, 5.74) is 0. The molecule has 6 heavy (non-hydrogen) atoms. The van der Waals surface area contributed by atoms with Gasteiger partial charge in [-0.2, -0.15) is 12.6 Å². The van der Waals surface area contributed by atoms with E-state index in [1.165, 1.54) is 0 Å². The lowest BCUT2D eigenvalue weighted by Gasteiger charge is -1.78. The largest absolute Gasteiger partial charge is 0.177 e. The molecule has 0 saturated heterocycles. The molecule has 0 spiro atoms. The Balaban J connectivity index is -0.0000000450. The normalized spacial score (nSPS) is 6.00. The number of halogens is 2. The second kappa shape index (κ2) is 9.33. The molecule has 0 unspecified atom stereocenters. The first-order chi connectivity index (χ1) is 1.73. The number of hydrogen-bond donors (Lipinski definition) is 1. The Hall–Kier alpha value is 0.930. The van der Waals surface area contributed by atoms with Crippen LogP contribution in [-0.4, -0.2) is 5.25 Å². The minimum atomic E-state index is 0. The molecule has 0 rings (SSSR count). The van der Waals surface area contributed by atoms with Crippen LogP contribution in [0, 0.1) is 0 Å². The predicted molar refractivity (Wildman–Crippen MR) is 38.6 cm³/mol. The average molecular weight is 149 g/mol. The summed E-state index contributed by atoms with van der Waals surface area (Å²) >= 11 is 3.97. The highest BCUT2D eigenvalue weighted by molar-refractivity contribution is 7.80. The van der Waals surface area contributed by atoms with E-state index < -0.39 is 0 Å². The first-order valence-corrected chi connectivity index (χ1v) is 1.93. The van der Waals surface area contributed by atoms with Crippen molar-refractivity contribution in [3.63, 3.8) is 0 Å². The molecule has 0 aromatic heterocycles. The second-order valence-corrected chi connectivity index (χ2v) is 2.13. The maximum absolute atomic E-state index is 3.97. The molecule has 0 nitrogen and oxygen atoms in total. The highest BCUT2D eigenvalue weighted by Crippen LogP contribution is 1.83. The summed E-state index contributed by atoms with van der Waals surface area (Å²) in [5, 5.41) is 0.528. The Kier molecular flexibility index (Phi) is 24.5. The summed E-state index contributed by atoms with van der Waals surface area (Å²) < 4.78 is 0. The molecule has 0 N–H and O–H groups in total. The predicted octanol–water partition coefficient (Wildman–Crippen LogP) is 2.17. The third-order valence-electron chi connectivity index (χ3n) is 0. The zero-order valence-corrected chi connectivity index (χ0v) is 6.37. The van der Waals surface area contributed by atoms with Crippen molar-refractivity contribution in [1.82, 2.24) is 0 Å². The van der Waals surface area contributed by atoms with Crippen LogP contribution in [-0.2, 0) is 0 Å². The third-order valence-corrected chi connectivity index (χ3v) is 0.